The lowest BCUT2D eigenvalue weighted by Crippen LogP contribution is -2.10. The maximum atomic E-state index is 12.2. The van der Waals surface area contributed by atoms with E-state index in [1.165, 1.54) is 0 Å². The van der Waals surface area contributed by atoms with Gasteiger partial charge in [0.05, 0.1) is 16.3 Å². The minimum atomic E-state index is -3.16. The number of aromatic nitrogens is 1. The van der Waals surface area contributed by atoms with Crippen LogP contribution in [0.4, 0.5) is 0 Å². The normalized spacial score (nSPS) is 14.6. The lowest BCUT2D eigenvalue weighted by atomic mass is 9.97. The van der Waals surface area contributed by atoms with Crippen LogP contribution in [0.2, 0.25) is 0 Å². The molecular weight excluding hydrogens is 410 g/mol. The van der Waals surface area contributed by atoms with E-state index < -0.39 is 15.8 Å². The number of nitrogens with zero attached hydrogens (tertiary/aromatic N) is 1. The Bertz CT molecular complexity index is 1420. The van der Waals surface area contributed by atoms with E-state index in [-0.39, 0.29) is 12.3 Å². The lowest BCUT2D eigenvalue weighted by molar-refractivity contribution is -0.137. The van der Waals surface area contributed by atoms with Crippen molar-refractivity contribution in [2.24, 2.45) is 0 Å². The van der Waals surface area contributed by atoms with Gasteiger partial charge in [0.2, 0.25) is 0 Å². The molecule has 3 aromatic carbocycles. The van der Waals surface area contributed by atoms with Crippen LogP contribution in [0.5, 0.6) is 0 Å². The third-order valence-electron chi connectivity index (χ3n) is 5.90. The summed E-state index contributed by atoms with van der Waals surface area (Å²) < 4.78 is 26.2. The fourth-order valence-electron chi connectivity index (χ4n) is 4.58. The molecule has 1 aliphatic heterocycles. The third kappa shape index (κ3) is 3.43. The molecule has 0 spiro atoms. The van der Waals surface area contributed by atoms with Crippen LogP contribution < -0.4 is 0 Å². The summed E-state index contributed by atoms with van der Waals surface area (Å²) in [5.41, 5.74) is 5.65. The molecule has 31 heavy (non-hydrogen) atoms. The van der Waals surface area contributed by atoms with E-state index in [0.717, 1.165) is 38.9 Å². The van der Waals surface area contributed by atoms with Crippen LogP contribution in [0, 0.1) is 0 Å². The third-order valence-corrected chi connectivity index (χ3v) is 7.71. The average molecular weight is 432 g/mol. The fourth-order valence-corrected chi connectivity index (χ4v) is 6.12. The Hall–Kier alpha value is -3.38. The summed E-state index contributed by atoms with van der Waals surface area (Å²) in [7, 11) is -3.16. The van der Waals surface area contributed by atoms with Crippen molar-refractivity contribution in [3.05, 3.63) is 89.5 Å². The molecule has 156 valence electrons. The number of aliphatic carboxylic acids is 1. The van der Waals surface area contributed by atoms with Gasteiger partial charge in [0.25, 0.3) is 0 Å². The topological polar surface area (TPSA) is 76.4 Å². The average Bonchev–Trinajstić information content (AvgIpc) is 3.22. The quantitative estimate of drug-likeness (QED) is 0.511. The zero-order chi connectivity index (χ0) is 21.6. The Morgan fingerprint density at radius 2 is 1.71 bits per heavy atom. The Balaban J connectivity index is 1.71. The standard InChI is InChI=1S/C25H21NO4S/c27-24(28)16-26-22-9-5-4-8-20(22)21(25(26)18-6-2-1-3-7-18)15-17-10-11-23-19(14-17)12-13-31(23,29)30/h1-11,14H,12-13,15-16H2,(H,27,28). The molecule has 5 rings (SSSR count). The maximum Gasteiger partial charge on any atom is 0.323 e. The molecule has 1 aliphatic rings. The zero-order valence-corrected chi connectivity index (χ0v) is 17.6. The molecule has 1 N–H and O–H groups in total. The summed E-state index contributed by atoms with van der Waals surface area (Å²) in [5, 5.41) is 10.6. The van der Waals surface area contributed by atoms with Gasteiger partial charge < -0.3 is 9.67 Å². The van der Waals surface area contributed by atoms with Crippen molar-refractivity contribution in [3.63, 3.8) is 0 Å². The first-order valence-corrected chi connectivity index (χ1v) is 11.8. The van der Waals surface area contributed by atoms with Gasteiger partial charge in [-0.2, -0.15) is 0 Å². The summed E-state index contributed by atoms with van der Waals surface area (Å²) >= 11 is 0. The van der Waals surface area contributed by atoms with E-state index in [9.17, 15) is 18.3 Å². The summed E-state index contributed by atoms with van der Waals surface area (Å²) in [5.74, 6) is -0.730. The molecule has 2 heterocycles. The van der Waals surface area contributed by atoms with Crippen molar-refractivity contribution < 1.29 is 18.3 Å². The fraction of sp³-hybridized carbons (Fsp3) is 0.160. The van der Waals surface area contributed by atoms with E-state index in [1.807, 2.05) is 71.3 Å². The number of hydrogen-bond acceptors (Lipinski definition) is 3. The summed E-state index contributed by atoms with van der Waals surface area (Å²) in [4.78, 5) is 12.1. The predicted octanol–water partition coefficient (Wildman–Crippen LogP) is 4.31. The molecule has 0 fully saturated rings. The Morgan fingerprint density at radius 1 is 0.968 bits per heavy atom. The highest BCUT2D eigenvalue weighted by Gasteiger charge is 2.26. The van der Waals surface area contributed by atoms with Gasteiger partial charge in [-0.25, -0.2) is 8.42 Å². The number of sulfone groups is 1. The smallest absolute Gasteiger partial charge is 0.323 e. The number of rotatable bonds is 5. The molecule has 0 saturated carbocycles. The van der Waals surface area contributed by atoms with Gasteiger partial charge in [0.15, 0.2) is 9.84 Å². The van der Waals surface area contributed by atoms with Crippen LogP contribution in [-0.4, -0.2) is 29.8 Å². The molecule has 6 heteroatoms. The molecule has 0 bridgehead atoms. The highest BCUT2D eigenvalue weighted by molar-refractivity contribution is 7.91. The Kier molecular flexibility index (Phi) is 4.67. The summed E-state index contributed by atoms with van der Waals surface area (Å²) in [6.07, 6.45) is 1.13. The predicted molar refractivity (Wildman–Crippen MR) is 120 cm³/mol. The monoisotopic (exact) mass is 431 g/mol. The van der Waals surface area contributed by atoms with Crippen molar-refractivity contribution in [1.82, 2.24) is 4.57 Å². The van der Waals surface area contributed by atoms with Gasteiger partial charge in [-0.15, -0.1) is 0 Å². The second kappa shape index (κ2) is 7.39. The summed E-state index contributed by atoms with van der Waals surface area (Å²) in [6.45, 7) is -0.132. The van der Waals surface area contributed by atoms with Crippen LogP contribution in [0.1, 0.15) is 16.7 Å². The van der Waals surface area contributed by atoms with Crippen LogP contribution in [0.25, 0.3) is 22.2 Å². The van der Waals surface area contributed by atoms with Crippen molar-refractivity contribution in [2.45, 2.75) is 24.3 Å². The van der Waals surface area contributed by atoms with Crippen molar-refractivity contribution in [2.75, 3.05) is 5.75 Å². The number of carboxylic acid groups (broad SMARTS) is 1. The minimum Gasteiger partial charge on any atom is -0.480 e. The molecule has 0 unspecified atom stereocenters. The second-order valence-electron chi connectivity index (χ2n) is 7.88. The molecule has 0 atom stereocenters. The number of hydrogen-bond donors (Lipinski definition) is 1. The van der Waals surface area contributed by atoms with E-state index in [4.69, 9.17) is 0 Å². The molecule has 5 nitrogen and oxygen atoms in total. The first-order valence-electron chi connectivity index (χ1n) is 10.2. The number of para-hydroxylation sites is 1. The number of benzene rings is 3. The molecule has 0 amide bonds. The van der Waals surface area contributed by atoms with E-state index in [2.05, 4.69) is 0 Å². The summed E-state index contributed by atoms with van der Waals surface area (Å²) in [6, 6.07) is 23.2. The number of aryl methyl sites for hydroxylation is 1. The van der Waals surface area contributed by atoms with E-state index in [0.29, 0.717) is 17.7 Å². The maximum absolute atomic E-state index is 12.2. The molecular formula is C25H21NO4S. The second-order valence-corrected chi connectivity index (χ2v) is 9.96. The van der Waals surface area contributed by atoms with Crippen molar-refractivity contribution >= 4 is 26.7 Å². The van der Waals surface area contributed by atoms with Crippen LogP contribution in [0.15, 0.2) is 77.7 Å². The van der Waals surface area contributed by atoms with E-state index >= 15 is 0 Å². The van der Waals surface area contributed by atoms with Crippen LogP contribution in [0.3, 0.4) is 0 Å². The molecule has 0 radical (unpaired) electrons. The lowest BCUT2D eigenvalue weighted by Gasteiger charge is -2.12. The molecule has 4 aromatic rings. The first-order chi connectivity index (χ1) is 14.9. The number of carboxylic acids is 1. The molecule has 0 aliphatic carbocycles. The van der Waals surface area contributed by atoms with Crippen LogP contribution in [-0.2, 0) is 34.0 Å². The van der Waals surface area contributed by atoms with E-state index in [1.54, 1.807) is 6.07 Å². The minimum absolute atomic E-state index is 0.132. The van der Waals surface area contributed by atoms with Gasteiger partial charge in [-0.3, -0.25) is 4.79 Å². The number of fused-ring (bicyclic) bond motifs is 2. The Labute approximate surface area is 180 Å². The van der Waals surface area contributed by atoms with Gasteiger partial charge in [0.1, 0.15) is 6.54 Å². The highest BCUT2D eigenvalue weighted by Crippen LogP contribution is 2.36. The SMILES string of the molecule is O=C(O)Cn1c(-c2ccccc2)c(Cc2ccc3c(c2)CCS3(=O)=O)c2ccccc21. The number of carbonyl (C=O) groups is 1. The molecule has 1 aromatic heterocycles. The van der Waals surface area contributed by atoms with Crippen molar-refractivity contribution in [3.8, 4) is 11.3 Å². The van der Waals surface area contributed by atoms with Crippen molar-refractivity contribution in [1.29, 1.82) is 0 Å². The van der Waals surface area contributed by atoms with Gasteiger partial charge in [-0.1, -0.05) is 60.7 Å². The zero-order valence-electron chi connectivity index (χ0n) is 16.8. The Morgan fingerprint density at radius 3 is 2.48 bits per heavy atom. The van der Waals surface area contributed by atoms with Gasteiger partial charge >= 0.3 is 5.97 Å². The van der Waals surface area contributed by atoms with Gasteiger partial charge in [-0.05, 0) is 40.8 Å². The van der Waals surface area contributed by atoms with Gasteiger partial charge in [0, 0.05) is 17.3 Å². The first kappa shape index (κ1) is 19.6. The largest absolute Gasteiger partial charge is 0.480 e. The van der Waals surface area contributed by atoms with Crippen LogP contribution >= 0.6 is 0 Å². The highest BCUT2D eigenvalue weighted by atomic mass is 32.2. The molecule has 0 saturated heterocycles.